The second-order valence-corrected chi connectivity index (χ2v) is 5.35. The molecule has 2 aromatic carbocycles. The number of hydrogen-bond donors (Lipinski definition) is 0. The molecule has 112 valence electrons. The van der Waals surface area contributed by atoms with Gasteiger partial charge in [0.1, 0.15) is 5.82 Å². The zero-order valence-electron chi connectivity index (χ0n) is 10.2. The predicted molar refractivity (Wildman–Crippen MR) is 68.0 cm³/mol. The summed E-state index contributed by atoms with van der Waals surface area (Å²) in [7, 11) is 0. The zero-order chi connectivity index (χ0) is 15.7. The summed E-state index contributed by atoms with van der Waals surface area (Å²) in [4.78, 5) is -1.26. The van der Waals surface area contributed by atoms with Crippen LogP contribution in [-0.4, -0.2) is 0 Å². The van der Waals surface area contributed by atoms with Crippen molar-refractivity contribution in [3.8, 4) is 0 Å². The van der Waals surface area contributed by atoms with E-state index in [0.717, 1.165) is 6.07 Å². The minimum Gasteiger partial charge on any atom is -0.207 e. The third kappa shape index (κ3) is 2.92. The number of halogens is 7. The van der Waals surface area contributed by atoms with E-state index >= 15 is 0 Å². The highest BCUT2D eigenvalue weighted by Gasteiger charge is 2.29. The number of hydrogen-bond acceptors (Lipinski definition) is 0. The van der Waals surface area contributed by atoms with Crippen molar-refractivity contribution in [1.82, 2.24) is 0 Å². The fourth-order valence-corrected chi connectivity index (χ4v) is 2.61. The first kappa shape index (κ1) is 15.9. The molecule has 0 radical (unpaired) electrons. The van der Waals surface area contributed by atoms with Crippen LogP contribution >= 0.6 is 15.9 Å². The molecule has 0 spiro atoms. The maximum Gasteiger partial charge on any atom is 0.200 e. The Morgan fingerprint density at radius 2 is 1.24 bits per heavy atom. The van der Waals surface area contributed by atoms with Gasteiger partial charge in [0.2, 0.25) is 5.82 Å². The lowest BCUT2D eigenvalue weighted by molar-refractivity contribution is 0.369. The molecule has 0 aliphatic carbocycles. The molecule has 0 N–H and O–H groups in total. The summed E-state index contributed by atoms with van der Waals surface area (Å²) in [6.07, 6.45) is -0.273. The summed E-state index contributed by atoms with van der Waals surface area (Å²) in [5.74, 6) is -10.8. The van der Waals surface area contributed by atoms with Crippen molar-refractivity contribution >= 4 is 15.9 Å². The van der Waals surface area contributed by atoms with E-state index < -0.39 is 45.3 Å². The molecule has 7 heteroatoms. The first-order chi connectivity index (χ1) is 9.84. The number of rotatable bonds is 3. The molecule has 0 heterocycles. The molecular weight excluding hydrogens is 362 g/mol. The van der Waals surface area contributed by atoms with Gasteiger partial charge in [-0.3, -0.25) is 0 Å². The number of alkyl halides is 1. The van der Waals surface area contributed by atoms with E-state index in [1.54, 1.807) is 0 Å². The summed E-state index contributed by atoms with van der Waals surface area (Å²) >= 11 is 2.85. The van der Waals surface area contributed by atoms with Gasteiger partial charge in [0.15, 0.2) is 23.3 Å². The van der Waals surface area contributed by atoms with Crippen LogP contribution in [0.2, 0.25) is 0 Å². The Labute approximate surface area is 124 Å². The standard InChI is InChI=1S/C14H7BrF6/c15-7(5-6-3-1-2-4-8(6)16)9-10(17)12(19)14(21)13(20)11(9)18/h1-4,7H,5H2. The monoisotopic (exact) mass is 368 g/mol. The predicted octanol–water partition coefficient (Wildman–Crippen LogP) is 5.20. The molecule has 2 aromatic rings. The molecule has 0 aromatic heterocycles. The third-order valence-corrected chi connectivity index (χ3v) is 3.70. The van der Waals surface area contributed by atoms with Gasteiger partial charge in [-0.15, -0.1) is 0 Å². The zero-order valence-corrected chi connectivity index (χ0v) is 11.8. The Kier molecular flexibility index (Phi) is 4.61. The maximum atomic E-state index is 13.6. The molecule has 1 atom stereocenters. The lowest BCUT2D eigenvalue weighted by Gasteiger charge is -2.14. The molecule has 0 saturated carbocycles. The average molecular weight is 369 g/mol. The normalized spacial score (nSPS) is 12.5. The topological polar surface area (TPSA) is 0 Å². The van der Waals surface area contributed by atoms with Gasteiger partial charge in [-0.05, 0) is 18.1 Å². The summed E-state index contributed by atoms with van der Waals surface area (Å²) in [5, 5.41) is 0. The molecule has 1 unspecified atom stereocenters. The molecule has 0 fully saturated rings. The maximum absolute atomic E-state index is 13.6. The second-order valence-electron chi connectivity index (χ2n) is 4.25. The highest BCUT2D eigenvalue weighted by molar-refractivity contribution is 9.09. The summed E-state index contributed by atoms with van der Waals surface area (Å²) in [6, 6.07) is 5.40. The van der Waals surface area contributed by atoms with E-state index in [2.05, 4.69) is 15.9 Å². The van der Waals surface area contributed by atoms with Crippen molar-refractivity contribution in [3.63, 3.8) is 0 Å². The number of benzene rings is 2. The van der Waals surface area contributed by atoms with Crippen LogP contribution in [0.25, 0.3) is 0 Å². The quantitative estimate of drug-likeness (QED) is 0.302. The van der Waals surface area contributed by atoms with Crippen molar-refractivity contribution < 1.29 is 26.3 Å². The molecule has 21 heavy (non-hydrogen) atoms. The van der Waals surface area contributed by atoms with Crippen molar-refractivity contribution in [1.29, 1.82) is 0 Å². The van der Waals surface area contributed by atoms with Gasteiger partial charge >= 0.3 is 0 Å². The van der Waals surface area contributed by atoms with Crippen molar-refractivity contribution in [2.24, 2.45) is 0 Å². The van der Waals surface area contributed by atoms with E-state index in [4.69, 9.17) is 0 Å². The molecule has 0 saturated heterocycles. The SMILES string of the molecule is Fc1ccccc1CC(Br)c1c(F)c(F)c(F)c(F)c1F. The van der Waals surface area contributed by atoms with E-state index in [9.17, 15) is 26.3 Å². The Morgan fingerprint density at radius 1 is 0.762 bits per heavy atom. The summed E-state index contributed by atoms with van der Waals surface area (Å²) < 4.78 is 79.9. The highest BCUT2D eigenvalue weighted by Crippen LogP contribution is 2.35. The van der Waals surface area contributed by atoms with Crippen molar-refractivity contribution in [2.75, 3.05) is 0 Å². The fraction of sp³-hybridized carbons (Fsp3) is 0.143. The van der Waals surface area contributed by atoms with E-state index in [0.29, 0.717) is 0 Å². The van der Waals surface area contributed by atoms with Crippen LogP contribution in [0.15, 0.2) is 24.3 Å². The lowest BCUT2D eigenvalue weighted by Crippen LogP contribution is -2.10. The van der Waals surface area contributed by atoms with Gasteiger partial charge in [0.05, 0.1) is 0 Å². The molecule has 0 bridgehead atoms. The minimum absolute atomic E-state index is 0.0864. The van der Waals surface area contributed by atoms with Crippen molar-refractivity contribution in [3.05, 3.63) is 70.3 Å². The lowest BCUT2D eigenvalue weighted by atomic mass is 10.0. The average Bonchev–Trinajstić information content (AvgIpc) is 2.46. The Morgan fingerprint density at radius 3 is 1.76 bits per heavy atom. The first-order valence-corrected chi connectivity index (χ1v) is 6.65. The van der Waals surface area contributed by atoms with Crippen LogP contribution < -0.4 is 0 Å². The Bertz CT molecular complexity index is 656. The highest BCUT2D eigenvalue weighted by atomic mass is 79.9. The van der Waals surface area contributed by atoms with Gasteiger partial charge in [0.25, 0.3) is 0 Å². The van der Waals surface area contributed by atoms with Gasteiger partial charge in [-0.1, -0.05) is 34.1 Å². The molecule has 0 aliphatic rings. The summed E-state index contributed by atoms with van der Waals surface area (Å²) in [6.45, 7) is 0. The molecule has 0 aliphatic heterocycles. The van der Waals surface area contributed by atoms with Crippen LogP contribution in [0, 0.1) is 34.9 Å². The van der Waals surface area contributed by atoms with Gasteiger partial charge in [-0.25, -0.2) is 26.3 Å². The van der Waals surface area contributed by atoms with Gasteiger partial charge in [-0.2, -0.15) is 0 Å². The molecular formula is C14H7BrF6. The second kappa shape index (κ2) is 6.09. The molecule has 0 amide bonds. The van der Waals surface area contributed by atoms with Crippen LogP contribution in [0.5, 0.6) is 0 Å². The van der Waals surface area contributed by atoms with E-state index in [1.165, 1.54) is 18.2 Å². The van der Waals surface area contributed by atoms with Crippen molar-refractivity contribution in [2.45, 2.75) is 11.2 Å². The van der Waals surface area contributed by atoms with Crippen LogP contribution in [-0.2, 0) is 6.42 Å². The fourth-order valence-electron chi connectivity index (χ4n) is 1.86. The Hall–Kier alpha value is -1.50. The first-order valence-electron chi connectivity index (χ1n) is 5.73. The summed E-state index contributed by atoms with van der Waals surface area (Å²) in [5.41, 5.74) is -0.932. The van der Waals surface area contributed by atoms with E-state index in [1.807, 2.05) is 0 Å². The molecule has 2 rings (SSSR count). The molecule has 0 nitrogen and oxygen atoms in total. The van der Waals surface area contributed by atoms with Gasteiger partial charge < -0.3 is 0 Å². The van der Waals surface area contributed by atoms with Gasteiger partial charge in [0, 0.05) is 10.4 Å². The third-order valence-electron chi connectivity index (χ3n) is 2.91. The van der Waals surface area contributed by atoms with Crippen LogP contribution in [0.1, 0.15) is 16.0 Å². The Balaban J connectivity index is 2.45. The smallest absolute Gasteiger partial charge is 0.200 e. The van der Waals surface area contributed by atoms with Crippen LogP contribution in [0.4, 0.5) is 26.3 Å². The van der Waals surface area contributed by atoms with Crippen LogP contribution in [0.3, 0.4) is 0 Å². The van der Waals surface area contributed by atoms with E-state index in [-0.39, 0.29) is 12.0 Å². The largest absolute Gasteiger partial charge is 0.207 e. The minimum atomic E-state index is -2.22.